The molecule has 0 spiro atoms. The zero-order valence-electron chi connectivity index (χ0n) is 10.1. The van der Waals surface area contributed by atoms with Crippen LogP contribution in [0.2, 0.25) is 0 Å². The first-order valence-electron chi connectivity index (χ1n) is 6.15. The summed E-state index contributed by atoms with van der Waals surface area (Å²) in [6.07, 6.45) is 2.28. The van der Waals surface area contributed by atoms with Crippen LogP contribution in [0.5, 0.6) is 5.75 Å². The van der Waals surface area contributed by atoms with Crippen molar-refractivity contribution in [1.29, 1.82) is 0 Å². The van der Waals surface area contributed by atoms with Crippen molar-refractivity contribution in [3.05, 3.63) is 29.8 Å². The SMILES string of the molecule is CC(C)CCC(N)C1COc2ccccc21. The van der Waals surface area contributed by atoms with Crippen molar-refractivity contribution in [2.75, 3.05) is 6.61 Å². The molecule has 0 fully saturated rings. The lowest BCUT2D eigenvalue weighted by atomic mass is 9.89. The molecule has 2 unspecified atom stereocenters. The first-order chi connectivity index (χ1) is 7.68. The van der Waals surface area contributed by atoms with Gasteiger partial charge in [0.25, 0.3) is 0 Å². The molecule has 2 N–H and O–H groups in total. The van der Waals surface area contributed by atoms with Gasteiger partial charge in [0.2, 0.25) is 0 Å². The van der Waals surface area contributed by atoms with Gasteiger partial charge in [-0.3, -0.25) is 0 Å². The Labute approximate surface area is 97.8 Å². The maximum atomic E-state index is 6.26. The van der Waals surface area contributed by atoms with Crippen LogP contribution in [-0.4, -0.2) is 12.6 Å². The van der Waals surface area contributed by atoms with Gasteiger partial charge in [-0.05, 0) is 24.8 Å². The lowest BCUT2D eigenvalue weighted by molar-refractivity contribution is 0.305. The predicted octanol–water partition coefficient (Wildman–Crippen LogP) is 2.93. The minimum absolute atomic E-state index is 0.228. The zero-order valence-corrected chi connectivity index (χ0v) is 10.1. The number of ether oxygens (including phenoxy) is 1. The van der Waals surface area contributed by atoms with Crippen LogP contribution in [0.1, 0.15) is 38.2 Å². The van der Waals surface area contributed by atoms with Gasteiger partial charge >= 0.3 is 0 Å². The minimum Gasteiger partial charge on any atom is -0.493 e. The normalized spacial score (nSPS) is 20.6. The lowest BCUT2D eigenvalue weighted by Crippen LogP contribution is -2.29. The molecule has 88 valence electrons. The van der Waals surface area contributed by atoms with Crippen LogP contribution in [0.3, 0.4) is 0 Å². The molecular weight excluding hydrogens is 198 g/mol. The molecule has 1 aliphatic rings. The van der Waals surface area contributed by atoms with E-state index in [9.17, 15) is 0 Å². The van der Waals surface area contributed by atoms with Crippen molar-refractivity contribution in [1.82, 2.24) is 0 Å². The summed E-state index contributed by atoms with van der Waals surface area (Å²) in [4.78, 5) is 0. The number of hydrogen-bond donors (Lipinski definition) is 1. The Morgan fingerprint density at radius 3 is 2.81 bits per heavy atom. The fourth-order valence-electron chi connectivity index (χ4n) is 2.27. The van der Waals surface area contributed by atoms with E-state index >= 15 is 0 Å². The molecule has 0 radical (unpaired) electrons. The lowest BCUT2D eigenvalue weighted by Gasteiger charge is -2.19. The Morgan fingerprint density at radius 2 is 2.06 bits per heavy atom. The highest BCUT2D eigenvalue weighted by Crippen LogP contribution is 2.36. The largest absolute Gasteiger partial charge is 0.493 e. The van der Waals surface area contributed by atoms with Crippen molar-refractivity contribution in [2.24, 2.45) is 11.7 Å². The summed E-state index contributed by atoms with van der Waals surface area (Å²) >= 11 is 0. The van der Waals surface area contributed by atoms with E-state index in [0.29, 0.717) is 5.92 Å². The summed E-state index contributed by atoms with van der Waals surface area (Å²) in [7, 11) is 0. The molecule has 16 heavy (non-hydrogen) atoms. The van der Waals surface area contributed by atoms with E-state index in [1.807, 2.05) is 12.1 Å². The van der Waals surface area contributed by atoms with Gasteiger partial charge in [-0.25, -0.2) is 0 Å². The van der Waals surface area contributed by atoms with E-state index in [1.165, 1.54) is 12.0 Å². The molecule has 1 heterocycles. The number of rotatable bonds is 4. The molecule has 0 saturated carbocycles. The summed E-state index contributed by atoms with van der Waals surface area (Å²) < 4.78 is 5.66. The summed E-state index contributed by atoms with van der Waals surface area (Å²) in [5, 5.41) is 0. The van der Waals surface area contributed by atoms with E-state index in [0.717, 1.165) is 24.7 Å². The van der Waals surface area contributed by atoms with E-state index in [2.05, 4.69) is 26.0 Å². The number of hydrogen-bond acceptors (Lipinski definition) is 2. The van der Waals surface area contributed by atoms with Gasteiger partial charge in [-0.1, -0.05) is 32.0 Å². The van der Waals surface area contributed by atoms with Crippen molar-refractivity contribution in [2.45, 2.75) is 38.6 Å². The first-order valence-corrected chi connectivity index (χ1v) is 6.15. The van der Waals surface area contributed by atoms with Gasteiger partial charge in [0.1, 0.15) is 5.75 Å². The Hall–Kier alpha value is -1.02. The third-order valence-electron chi connectivity index (χ3n) is 3.33. The highest BCUT2D eigenvalue weighted by atomic mass is 16.5. The molecule has 1 aromatic carbocycles. The average molecular weight is 219 g/mol. The van der Waals surface area contributed by atoms with Crippen LogP contribution in [0.4, 0.5) is 0 Å². The summed E-state index contributed by atoms with van der Waals surface area (Å²) in [5.74, 6) is 2.13. The van der Waals surface area contributed by atoms with Crippen LogP contribution in [0.15, 0.2) is 24.3 Å². The molecule has 1 aromatic rings. The average Bonchev–Trinajstić information content (AvgIpc) is 2.69. The molecule has 1 aliphatic heterocycles. The molecule has 0 amide bonds. The smallest absolute Gasteiger partial charge is 0.122 e. The molecule has 2 atom stereocenters. The number of fused-ring (bicyclic) bond motifs is 1. The predicted molar refractivity (Wildman–Crippen MR) is 66.7 cm³/mol. The summed E-state index contributed by atoms with van der Waals surface area (Å²) in [5.41, 5.74) is 7.55. The van der Waals surface area contributed by atoms with Gasteiger partial charge in [0.15, 0.2) is 0 Å². The quantitative estimate of drug-likeness (QED) is 0.845. The zero-order chi connectivity index (χ0) is 11.5. The molecule has 2 heteroatoms. The standard InChI is InChI=1S/C14H21NO/c1-10(2)7-8-13(15)12-9-16-14-6-4-3-5-11(12)14/h3-6,10,12-13H,7-9,15H2,1-2H3. The van der Waals surface area contributed by atoms with Crippen LogP contribution >= 0.6 is 0 Å². The third-order valence-corrected chi connectivity index (χ3v) is 3.33. The van der Waals surface area contributed by atoms with Crippen molar-refractivity contribution >= 4 is 0 Å². The highest BCUT2D eigenvalue weighted by Gasteiger charge is 2.28. The fourth-order valence-corrected chi connectivity index (χ4v) is 2.27. The topological polar surface area (TPSA) is 35.2 Å². The third kappa shape index (κ3) is 2.38. The maximum absolute atomic E-state index is 6.26. The van der Waals surface area contributed by atoms with Crippen molar-refractivity contribution in [3.63, 3.8) is 0 Å². The highest BCUT2D eigenvalue weighted by molar-refractivity contribution is 5.40. The second-order valence-electron chi connectivity index (χ2n) is 5.09. The molecule has 0 saturated heterocycles. The van der Waals surface area contributed by atoms with E-state index in [-0.39, 0.29) is 6.04 Å². The van der Waals surface area contributed by atoms with Crippen LogP contribution in [0, 0.1) is 5.92 Å². The second kappa shape index (κ2) is 4.88. The van der Waals surface area contributed by atoms with Gasteiger partial charge in [0.05, 0.1) is 6.61 Å². The molecule has 2 nitrogen and oxygen atoms in total. The fraction of sp³-hybridized carbons (Fsp3) is 0.571. The Bertz CT molecular complexity index is 348. The van der Waals surface area contributed by atoms with Gasteiger partial charge in [-0.15, -0.1) is 0 Å². The van der Waals surface area contributed by atoms with Crippen LogP contribution < -0.4 is 10.5 Å². The number of para-hydroxylation sites is 1. The molecule has 2 rings (SSSR count). The van der Waals surface area contributed by atoms with E-state index in [4.69, 9.17) is 10.5 Å². The van der Waals surface area contributed by atoms with Crippen molar-refractivity contribution in [3.8, 4) is 5.75 Å². The Balaban J connectivity index is 2.01. The number of nitrogens with two attached hydrogens (primary N) is 1. The molecule has 0 bridgehead atoms. The van der Waals surface area contributed by atoms with Crippen molar-refractivity contribution < 1.29 is 4.74 Å². The summed E-state index contributed by atoms with van der Waals surface area (Å²) in [6, 6.07) is 8.48. The Morgan fingerprint density at radius 1 is 1.31 bits per heavy atom. The monoisotopic (exact) mass is 219 g/mol. The van der Waals surface area contributed by atoms with Gasteiger partial charge in [0, 0.05) is 17.5 Å². The summed E-state index contributed by atoms with van der Waals surface area (Å²) in [6.45, 7) is 5.23. The first kappa shape index (κ1) is 11.5. The molecular formula is C14H21NO. The van der Waals surface area contributed by atoms with Crippen LogP contribution in [0.25, 0.3) is 0 Å². The number of benzene rings is 1. The van der Waals surface area contributed by atoms with E-state index in [1.54, 1.807) is 0 Å². The van der Waals surface area contributed by atoms with Gasteiger partial charge in [-0.2, -0.15) is 0 Å². The van der Waals surface area contributed by atoms with E-state index < -0.39 is 0 Å². The molecule has 0 aliphatic carbocycles. The Kier molecular flexibility index (Phi) is 3.49. The minimum atomic E-state index is 0.228. The van der Waals surface area contributed by atoms with Gasteiger partial charge < -0.3 is 10.5 Å². The second-order valence-corrected chi connectivity index (χ2v) is 5.09. The van der Waals surface area contributed by atoms with Crippen LogP contribution in [-0.2, 0) is 0 Å². The molecule has 0 aromatic heterocycles. The maximum Gasteiger partial charge on any atom is 0.122 e.